The first-order valence-corrected chi connectivity index (χ1v) is 7.18. The van der Waals surface area contributed by atoms with Gasteiger partial charge in [0.05, 0.1) is 6.04 Å². The summed E-state index contributed by atoms with van der Waals surface area (Å²) in [7, 11) is 0. The fourth-order valence-corrected chi connectivity index (χ4v) is 2.55. The lowest BCUT2D eigenvalue weighted by Gasteiger charge is -2.25. The van der Waals surface area contributed by atoms with Crippen LogP contribution in [0.25, 0.3) is 0 Å². The van der Waals surface area contributed by atoms with Gasteiger partial charge in [0.1, 0.15) is 6.61 Å². The van der Waals surface area contributed by atoms with Crippen molar-refractivity contribution >= 4 is 0 Å². The van der Waals surface area contributed by atoms with Crippen LogP contribution in [-0.2, 0) is 17.9 Å². The van der Waals surface area contributed by atoms with Crippen molar-refractivity contribution < 1.29 is 4.74 Å². The predicted molar refractivity (Wildman–Crippen MR) is 76.3 cm³/mol. The second-order valence-electron chi connectivity index (χ2n) is 4.98. The van der Waals surface area contributed by atoms with Crippen LogP contribution in [0.4, 0.5) is 0 Å². The summed E-state index contributed by atoms with van der Waals surface area (Å²) >= 11 is 0. The van der Waals surface area contributed by atoms with Gasteiger partial charge < -0.3 is 14.6 Å². The van der Waals surface area contributed by atoms with Gasteiger partial charge in [-0.05, 0) is 12.0 Å². The van der Waals surface area contributed by atoms with Gasteiger partial charge in [0.2, 0.25) is 0 Å². The van der Waals surface area contributed by atoms with E-state index < -0.39 is 0 Å². The van der Waals surface area contributed by atoms with Crippen LogP contribution in [0.1, 0.15) is 36.6 Å². The Balaban J connectivity index is 1.83. The summed E-state index contributed by atoms with van der Waals surface area (Å²) in [6.45, 7) is 5.24. The van der Waals surface area contributed by atoms with E-state index in [1.54, 1.807) is 0 Å². The van der Waals surface area contributed by atoms with Crippen molar-refractivity contribution in [2.24, 2.45) is 0 Å². The summed E-state index contributed by atoms with van der Waals surface area (Å²) in [5, 5.41) is 12.2. The van der Waals surface area contributed by atoms with Crippen LogP contribution < -0.4 is 5.32 Å². The van der Waals surface area contributed by atoms with E-state index >= 15 is 0 Å². The van der Waals surface area contributed by atoms with E-state index in [-0.39, 0.29) is 6.04 Å². The standard InChI is InChI=1S/C15H20N4O/c1-2-10-20-11-13-17-18-15-14(16-8-9-19(13)15)12-6-4-3-5-7-12/h3-7,14,16H,2,8-11H2,1H3. The molecule has 0 radical (unpaired) electrons. The third kappa shape index (κ3) is 2.59. The van der Waals surface area contributed by atoms with Crippen molar-refractivity contribution in [2.75, 3.05) is 13.2 Å². The number of nitrogens with one attached hydrogen (secondary N) is 1. The van der Waals surface area contributed by atoms with Crippen LogP contribution >= 0.6 is 0 Å². The second-order valence-corrected chi connectivity index (χ2v) is 4.98. The molecule has 1 N–H and O–H groups in total. The predicted octanol–water partition coefficient (Wildman–Crippen LogP) is 1.90. The highest BCUT2D eigenvalue weighted by molar-refractivity contribution is 5.26. The number of rotatable bonds is 5. The molecule has 0 aliphatic carbocycles. The van der Waals surface area contributed by atoms with Gasteiger partial charge in [-0.2, -0.15) is 0 Å². The minimum Gasteiger partial charge on any atom is -0.373 e. The topological polar surface area (TPSA) is 52.0 Å². The molecule has 20 heavy (non-hydrogen) atoms. The largest absolute Gasteiger partial charge is 0.373 e. The monoisotopic (exact) mass is 272 g/mol. The second kappa shape index (κ2) is 6.15. The van der Waals surface area contributed by atoms with Crippen molar-refractivity contribution in [3.8, 4) is 0 Å². The number of ether oxygens (including phenoxy) is 1. The van der Waals surface area contributed by atoms with Crippen LogP contribution in [0.5, 0.6) is 0 Å². The van der Waals surface area contributed by atoms with Crippen molar-refractivity contribution in [3.05, 3.63) is 47.5 Å². The first kappa shape index (κ1) is 13.3. The quantitative estimate of drug-likeness (QED) is 0.845. The molecule has 106 valence electrons. The molecule has 3 rings (SSSR count). The first-order valence-electron chi connectivity index (χ1n) is 7.18. The molecule has 0 bridgehead atoms. The molecular weight excluding hydrogens is 252 g/mol. The summed E-state index contributed by atoms with van der Waals surface area (Å²) in [4.78, 5) is 0. The lowest BCUT2D eigenvalue weighted by atomic mass is 10.1. The number of fused-ring (bicyclic) bond motifs is 1. The van der Waals surface area contributed by atoms with Gasteiger partial charge in [0, 0.05) is 19.7 Å². The molecule has 1 aromatic heterocycles. The van der Waals surface area contributed by atoms with Gasteiger partial charge in [0.25, 0.3) is 0 Å². The maximum atomic E-state index is 5.59. The van der Waals surface area contributed by atoms with E-state index in [9.17, 15) is 0 Å². The Labute approximate surface area is 119 Å². The van der Waals surface area contributed by atoms with Crippen LogP contribution in [-0.4, -0.2) is 27.9 Å². The molecule has 0 amide bonds. The molecule has 0 saturated heterocycles. The Morgan fingerprint density at radius 1 is 1.30 bits per heavy atom. The number of nitrogens with zero attached hydrogens (tertiary/aromatic N) is 3. The summed E-state index contributed by atoms with van der Waals surface area (Å²) in [5.74, 6) is 1.91. The van der Waals surface area contributed by atoms with Crippen molar-refractivity contribution in [1.82, 2.24) is 20.1 Å². The SMILES string of the molecule is CCCOCc1nnc2n1CCNC2c1ccccc1. The van der Waals surface area contributed by atoms with E-state index in [0.29, 0.717) is 6.61 Å². The van der Waals surface area contributed by atoms with Gasteiger partial charge in [0.15, 0.2) is 11.6 Å². The van der Waals surface area contributed by atoms with E-state index in [1.165, 1.54) is 5.56 Å². The highest BCUT2D eigenvalue weighted by Crippen LogP contribution is 2.23. The zero-order chi connectivity index (χ0) is 13.8. The minimum atomic E-state index is 0.123. The smallest absolute Gasteiger partial charge is 0.159 e. The van der Waals surface area contributed by atoms with Crippen molar-refractivity contribution in [3.63, 3.8) is 0 Å². The van der Waals surface area contributed by atoms with E-state index in [1.807, 2.05) is 6.07 Å². The van der Waals surface area contributed by atoms with Gasteiger partial charge in [-0.3, -0.25) is 0 Å². The van der Waals surface area contributed by atoms with E-state index in [2.05, 4.69) is 51.3 Å². The zero-order valence-electron chi connectivity index (χ0n) is 11.7. The normalized spacial score (nSPS) is 17.9. The number of benzene rings is 1. The maximum Gasteiger partial charge on any atom is 0.159 e. The van der Waals surface area contributed by atoms with Gasteiger partial charge >= 0.3 is 0 Å². The molecule has 0 saturated carbocycles. The Bertz CT molecular complexity index is 552. The van der Waals surface area contributed by atoms with Gasteiger partial charge in [-0.25, -0.2) is 0 Å². The van der Waals surface area contributed by atoms with Gasteiger partial charge in [-0.1, -0.05) is 37.3 Å². The molecule has 1 aliphatic heterocycles. The third-order valence-corrected chi connectivity index (χ3v) is 3.51. The van der Waals surface area contributed by atoms with Crippen LogP contribution in [0.15, 0.2) is 30.3 Å². The molecule has 0 fully saturated rings. The summed E-state index contributed by atoms with van der Waals surface area (Å²) in [6.07, 6.45) is 1.02. The number of hydrogen-bond donors (Lipinski definition) is 1. The lowest BCUT2D eigenvalue weighted by Crippen LogP contribution is -2.35. The van der Waals surface area contributed by atoms with Crippen LogP contribution in [0.2, 0.25) is 0 Å². The Morgan fingerprint density at radius 3 is 2.95 bits per heavy atom. The Kier molecular flexibility index (Phi) is 4.08. The minimum absolute atomic E-state index is 0.123. The molecule has 1 aliphatic rings. The molecule has 1 aromatic carbocycles. The fraction of sp³-hybridized carbons (Fsp3) is 0.467. The molecule has 2 heterocycles. The Hall–Kier alpha value is -1.72. The van der Waals surface area contributed by atoms with Crippen LogP contribution in [0, 0.1) is 0 Å². The molecule has 5 nitrogen and oxygen atoms in total. The Morgan fingerprint density at radius 2 is 2.15 bits per heavy atom. The summed E-state index contributed by atoms with van der Waals surface area (Å²) in [6, 6.07) is 10.5. The lowest BCUT2D eigenvalue weighted by molar-refractivity contribution is 0.112. The average Bonchev–Trinajstić information content (AvgIpc) is 2.92. The molecule has 0 spiro atoms. The molecule has 1 atom stereocenters. The average molecular weight is 272 g/mol. The van der Waals surface area contributed by atoms with E-state index in [0.717, 1.165) is 37.8 Å². The van der Waals surface area contributed by atoms with Crippen molar-refractivity contribution in [1.29, 1.82) is 0 Å². The fourth-order valence-electron chi connectivity index (χ4n) is 2.55. The molecule has 5 heteroatoms. The number of aromatic nitrogens is 3. The zero-order valence-corrected chi connectivity index (χ0v) is 11.7. The highest BCUT2D eigenvalue weighted by atomic mass is 16.5. The summed E-state index contributed by atoms with van der Waals surface area (Å²) in [5.41, 5.74) is 1.22. The molecule has 1 unspecified atom stereocenters. The van der Waals surface area contributed by atoms with Crippen molar-refractivity contribution in [2.45, 2.75) is 32.5 Å². The first-order chi connectivity index (χ1) is 9.90. The summed E-state index contributed by atoms with van der Waals surface area (Å²) < 4.78 is 7.77. The van der Waals surface area contributed by atoms with Crippen LogP contribution in [0.3, 0.4) is 0 Å². The van der Waals surface area contributed by atoms with Gasteiger partial charge in [-0.15, -0.1) is 10.2 Å². The third-order valence-electron chi connectivity index (χ3n) is 3.51. The molecule has 2 aromatic rings. The highest BCUT2D eigenvalue weighted by Gasteiger charge is 2.25. The van der Waals surface area contributed by atoms with E-state index in [4.69, 9.17) is 4.74 Å². The maximum absolute atomic E-state index is 5.59. The number of hydrogen-bond acceptors (Lipinski definition) is 4. The molecular formula is C15H20N4O.